The third-order valence-electron chi connectivity index (χ3n) is 5.61. The molecule has 4 aromatic rings. The van der Waals surface area contributed by atoms with Crippen molar-refractivity contribution in [1.29, 1.82) is 0 Å². The van der Waals surface area contributed by atoms with E-state index in [9.17, 15) is 0 Å². The average Bonchev–Trinajstić information content (AvgIpc) is 2.69. The molecule has 0 bridgehead atoms. The zero-order valence-electron chi connectivity index (χ0n) is 16.4. The summed E-state index contributed by atoms with van der Waals surface area (Å²) in [6.07, 6.45) is 2.06. The summed E-state index contributed by atoms with van der Waals surface area (Å²) >= 11 is 0. The molecule has 4 nitrogen and oxygen atoms in total. The molecule has 0 saturated carbocycles. The second-order valence-electron chi connectivity index (χ2n) is 7.51. The summed E-state index contributed by atoms with van der Waals surface area (Å²) in [5.74, 6) is 1.61. The zero-order chi connectivity index (χ0) is 19.6. The monoisotopic (exact) mass is 366 g/mol. The molecule has 0 saturated heterocycles. The molecule has 0 aliphatic carbocycles. The summed E-state index contributed by atoms with van der Waals surface area (Å²) in [5.41, 5.74) is 5.12. The lowest BCUT2D eigenvalue weighted by molar-refractivity contribution is -0.659. The van der Waals surface area contributed by atoms with Crippen LogP contribution in [-0.4, -0.2) is 14.1 Å². The molecule has 2 heterocycles. The van der Waals surface area contributed by atoms with E-state index in [0.717, 1.165) is 39.2 Å². The lowest BCUT2D eigenvalue weighted by Gasteiger charge is -2.27. The maximum absolute atomic E-state index is 7.46. The molecule has 5 rings (SSSR count). The molecule has 1 aliphatic rings. The van der Waals surface area contributed by atoms with Crippen LogP contribution in [0.15, 0.2) is 48.7 Å². The van der Waals surface area contributed by atoms with Crippen LogP contribution < -0.4 is 14.2 Å². The first kappa shape index (κ1) is 16.6. The van der Waals surface area contributed by atoms with Crippen molar-refractivity contribution in [1.82, 2.24) is 0 Å². The maximum atomic E-state index is 7.46. The molecule has 0 radical (unpaired) electrons. The summed E-state index contributed by atoms with van der Waals surface area (Å²) in [4.78, 5) is 5.75. The molecule has 28 heavy (non-hydrogen) atoms. The topological polar surface area (TPSA) is 20.7 Å². The second kappa shape index (κ2) is 5.71. The van der Waals surface area contributed by atoms with E-state index in [0.29, 0.717) is 5.69 Å². The Hall–Kier alpha value is -3.58. The summed E-state index contributed by atoms with van der Waals surface area (Å²) in [7, 11) is 6.17. The summed E-state index contributed by atoms with van der Waals surface area (Å²) < 4.78 is 8.69. The highest BCUT2D eigenvalue weighted by molar-refractivity contribution is 6.11. The van der Waals surface area contributed by atoms with E-state index in [1.165, 1.54) is 16.3 Å². The lowest BCUT2D eigenvalue weighted by atomic mass is 9.90. The Morgan fingerprint density at radius 2 is 1.82 bits per heavy atom. The minimum atomic E-state index is 0.592. The lowest BCUT2D eigenvalue weighted by Crippen LogP contribution is -2.32. The van der Waals surface area contributed by atoms with Gasteiger partial charge in [0.15, 0.2) is 17.6 Å². The predicted molar refractivity (Wildman–Crippen MR) is 113 cm³/mol. The molecule has 4 heteroatoms. The van der Waals surface area contributed by atoms with Crippen LogP contribution in [0.3, 0.4) is 0 Å². The van der Waals surface area contributed by atoms with Gasteiger partial charge >= 0.3 is 0 Å². The first-order valence-electron chi connectivity index (χ1n) is 9.26. The van der Waals surface area contributed by atoms with Crippen LogP contribution in [0.2, 0.25) is 0 Å². The van der Waals surface area contributed by atoms with Gasteiger partial charge in [0, 0.05) is 25.5 Å². The number of benzene rings is 3. The number of pyridine rings is 1. The molecule has 0 N–H and O–H groups in total. The summed E-state index contributed by atoms with van der Waals surface area (Å²) in [6, 6.07) is 14.3. The third kappa shape index (κ3) is 2.07. The Labute approximate surface area is 164 Å². The van der Waals surface area contributed by atoms with Crippen molar-refractivity contribution in [2.45, 2.75) is 6.92 Å². The van der Waals surface area contributed by atoms with Gasteiger partial charge in [-0.25, -0.2) is 9.41 Å². The minimum absolute atomic E-state index is 0.592. The number of fused-ring (bicyclic) bond motifs is 3. The fourth-order valence-corrected chi connectivity index (χ4v) is 4.40. The van der Waals surface area contributed by atoms with Gasteiger partial charge < -0.3 is 9.64 Å². The summed E-state index contributed by atoms with van der Waals surface area (Å²) in [6.45, 7) is 9.63. The van der Waals surface area contributed by atoms with E-state index in [1.54, 1.807) is 0 Å². The van der Waals surface area contributed by atoms with Crippen LogP contribution in [0.5, 0.6) is 11.5 Å². The van der Waals surface area contributed by atoms with E-state index in [-0.39, 0.29) is 0 Å². The first-order chi connectivity index (χ1) is 13.5. The van der Waals surface area contributed by atoms with Crippen molar-refractivity contribution in [2.24, 2.45) is 7.05 Å². The second-order valence-corrected chi connectivity index (χ2v) is 7.51. The van der Waals surface area contributed by atoms with Crippen LogP contribution in [0.25, 0.3) is 37.6 Å². The Bertz CT molecular complexity index is 1350. The number of hydrogen-bond acceptors (Lipinski definition) is 2. The number of nitrogens with zero attached hydrogens (tertiary/aromatic N) is 3. The van der Waals surface area contributed by atoms with Gasteiger partial charge in [-0.3, -0.25) is 0 Å². The molecule has 0 fully saturated rings. The van der Waals surface area contributed by atoms with Gasteiger partial charge in [-0.2, -0.15) is 0 Å². The van der Waals surface area contributed by atoms with E-state index in [2.05, 4.69) is 64.8 Å². The molecule has 0 spiro atoms. The molecule has 3 aromatic carbocycles. The molecule has 1 aliphatic heterocycles. The molecule has 0 atom stereocenters. The predicted octanol–water partition coefficient (Wildman–Crippen LogP) is 5.52. The quantitative estimate of drug-likeness (QED) is 0.288. The Morgan fingerprint density at radius 3 is 2.54 bits per heavy atom. The smallest absolute Gasteiger partial charge is 0.228 e. The van der Waals surface area contributed by atoms with Crippen molar-refractivity contribution < 1.29 is 9.30 Å². The highest BCUT2D eigenvalue weighted by Crippen LogP contribution is 2.53. The number of anilines is 1. The third-order valence-corrected chi connectivity index (χ3v) is 5.61. The van der Waals surface area contributed by atoms with Gasteiger partial charge in [-0.05, 0) is 35.4 Å². The number of rotatable bonds is 1. The number of aromatic nitrogens is 1. The molecular formula is C24H20N3O+. The van der Waals surface area contributed by atoms with Gasteiger partial charge in [-0.15, -0.1) is 0 Å². The fraction of sp³-hybridized carbons (Fsp3) is 0.167. The molecule has 136 valence electrons. The maximum Gasteiger partial charge on any atom is 0.228 e. The SMILES string of the molecule is [C-]#[N+]c1cc2c3c([n+](C)ccc3c1)-c1c(c(N(C)C)c3ccccc3c1C)O2. The standard InChI is InChI=1S/C24H20N3O/c1-14-17-8-6-7-9-18(17)22(26(3)4)24-20(14)23-21-15(10-11-27(23)5)12-16(25-2)13-19(21)28-24/h6-13H,1,3-5H3/q+1. The number of hydrogen-bond donors (Lipinski definition) is 0. The van der Waals surface area contributed by atoms with Gasteiger partial charge in [-0.1, -0.05) is 24.3 Å². The van der Waals surface area contributed by atoms with Crippen molar-refractivity contribution >= 4 is 32.9 Å². The normalized spacial score (nSPS) is 11.8. The molecule has 1 aromatic heterocycles. The van der Waals surface area contributed by atoms with Crippen LogP contribution >= 0.6 is 0 Å². The van der Waals surface area contributed by atoms with Crippen LogP contribution in [0.4, 0.5) is 11.4 Å². The Morgan fingerprint density at radius 1 is 1.07 bits per heavy atom. The van der Waals surface area contributed by atoms with Gasteiger partial charge in [0.05, 0.1) is 23.2 Å². The van der Waals surface area contributed by atoms with Crippen LogP contribution in [0, 0.1) is 13.5 Å². The molecule has 0 amide bonds. The Kier molecular flexibility index (Phi) is 3.38. The van der Waals surface area contributed by atoms with E-state index in [4.69, 9.17) is 11.3 Å². The fourth-order valence-electron chi connectivity index (χ4n) is 4.40. The largest absolute Gasteiger partial charge is 0.455 e. The number of aryl methyl sites for hydroxylation is 2. The first-order valence-corrected chi connectivity index (χ1v) is 9.26. The van der Waals surface area contributed by atoms with E-state index in [1.807, 2.05) is 26.2 Å². The van der Waals surface area contributed by atoms with Gasteiger partial charge in [0.25, 0.3) is 0 Å². The van der Waals surface area contributed by atoms with Crippen LogP contribution in [-0.2, 0) is 7.05 Å². The van der Waals surface area contributed by atoms with Crippen molar-refractivity contribution in [3.8, 4) is 22.8 Å². The highest BCUT2D eigenvalue weighted by atomic mass is 16.5. The average molecular weight is 366 g/mol. The van der Waals surface area contributed by atoms with E-state index < -0.39 is 0 Å². The highest BCUT2D eigenvalue weighted by Gasteiger charge is 2.33. The minimum Gasteiger partial charge on any atom is -0.455 e. The van der Waals surface area contributed by atoms with Gasteiger partial charge in [0.2, 0.25) is 5.69 Å². The van der Waals surface area contributed by atoms with Crippen molar-refractivity contribution in [3.05, 3.63) is 65.6 Å². The Balaban J connectivity index is 2.04. The van der Waals surface area contributed by atoms with Crippen molar-refractivity contribution in [2.75, 3.05) is 19.0 Å². The van der Waals surface area contributed by atoms with Crippen LogP contribution in [0.1, 0.15) is 5.56 Å². The summed E-state index contributed by atoms with van der Waals surface area (Å²) in [5, 5.41) is 4.49. The number of ether oxygens (including phenoxy) is 1. The zero-order valence-corrected chi connectivity index (χ0v) is 16.4. The van der Waals surface area contributed by atoms with E-state index >= 15 is 0 Å². The molecule has 0 unspecified atom stereocenters. The van der Waals surface area contributed by atoms with Gasteiger partial charge in [0.1, 0.15) is 12.8 Å². The van der Waals surface area contributed by atoms with Crippen molar-refractivity contribution in [3.63, 3.8) is 0 Å². The molecular weight excluding hydrogens is 346 g/mol.